The molecule has 1 aliphatic carbocycles. The number of hydrogen-bond acceptors (Lipinski definition) is 5. The maximum atomic E-state index is 13.1. The molecule has 0 radical (unpaired) electrons. The number of carbonyl (C=O) groups is 1. The zero-order valence-electron chi connectivity index (χ0n) is 16.4. The second kappa shape index (κ2) is 7.91. The third kappa shape index (κ3) is 3.51. The van der Waals surface area contributed by atoms with Gasteiger partial charge in [0, 0.05) is 19.2 Å². The van der Waals surface area contributed by atoms with Gasteiger partial charge in [-0.05, 0) is 24.5 Å². The van der Waals surface area contributed by atoms with Gasteiger partial charge in [-0.1, -0.05) is 39.0 Å². The van der Waals surface area contributed by atoms with Gasteiger partial charge in [-0.3, -0.25) is 14.5 Å². The Kier molecular flexibility index (Phi) is 5.35. The van der Waals surface area contributed by atoms with Crippen LogP contribution < -0.4 is 11.1 Å². The van der Waals surface area contributed by atoms with Crippen LogP contribution in [0, 0.1) is 5.92 Å². The van der Waals surface area contributed by atoms with Gasteiger partial charge in [-0.2, -0.15) is 5.10 Å². The maximum absolute atomic E-state index is 13.1. The van der Waals surface area contributed by atoms with E-state index in [1.165, 1.54) is 43.4 Å². The molecular formula is C21H27N5OS. The molecule has 3 heterocycles. The summed E-state index contributed by atoms with van der Waals surface area (Å²) in [5, 5.41) is 8.04. The second-order valence-electron chi connectivity index (χ2n) is 7.79. The number of nitrogen functional groups attached to an aromatic ring is 1. The standard InChI is InChI=1S/C21H27N5OS/c1-13-8-5-3-4-6-9-14(13)19-15(12-24-26(19)2)25-21(27)17-18-16(28-20(17)22)10-7-11-23-18/h7,10-14H,3-6,8-9,22H2,1-2H3,(H,25,27). The summed E-state index contributed by atoms with van der Waals surface area (Å²) in [5.74, 6) is 0.757. The number of fused-ring (bicyclic) bond motifs is 1. The molecule has 2 unspecified atom stereocenters. The van der Waals surface area contributed by atoms with Crippen molar-refractivity contribution in [2.45, 2.75) is 51.4 Å². The molecule has 0 aliphatic heterocycles. The Hall–Kier alpha value is -2.41. The molecule has 1 fully saturated rings. The van der Waals surface area contributed by atoms with Crippen molar-refractivity contribution in [1.82, 2.24) is 14.8 Å². The van der Waals surface area contributed by atoms with Gasteiger partial charge in [0.05, 0.1) is 27.8 Å². The monoisotopic (exact) mass is 397 g/mol. The molecule has 2 atom stereocenters. The van der Waals surface area contributed by atoms with Crippen molar-refractivity contribution in [3.63, 3.8) is 0 Å². The maximum Gasteiger partial charge on any atom is 0.260 e. The molecule has 6 nitrogen and oxygen atoms in total. The summed E-state index contributed by atoms with van der Waals surface area (Å²) in [4.78, 5) is 17.5. The van der Waals surface area contributed by atoms with E-state index in [4.69, 9.17) is 5.73 Å². The van der Waals surface area contributed by atoms with E-state index in [0.29, 0.717) is 27.9 Å². The fraction of sp³-hybridized carbons (Fsp3) is 0.476. The Morgan fingerprint density at radius 3 is 2.89 bits per heavy atom. The number of aromatic nitrogens is 3. The minimum absolute atomic E-state index is 0.213. The van der Waals surface area contributed by atoms with Gasteiger partial charge >= 0.3 is 0 Å². The van der Waals surface area contributed by atoms with Crippen LogP contribution in [0.3, 0.4) is 0 Å². The van der Waals surface area contributed by atoms with Crippen molar-refractivity contribution in [1.29, 1.82) is 0 Å². The van der Waals surface area contributed by atoms with Crippen LogP contribution in [0.4, 0.5) is 10.7 Å². The normalized spacial score (nSPS) is 20.6. The molecule has 7 heteroatoms. The third-order valence-corrected chi connectivity index (χ3v) is 6.87. The quantitative estimate of drug-likeness (QED) is 0.655. The van der Waals surface area contributed by atoms with Gasteiger partial charge in [0.15, 0.2) is 0 Å². The predicted molar refractivity (Wildman–Crippen MR) is 115 cm³/mol. The minimum atomic E-state index is -0.213. The van der Waals surface area contributed by atoms with Gasteiger partial charge in [0.25, 0.3) is 5.91 Å². The van der Waals surface area contributed by atoms with E-state index in [-0.39, 0.29) is 5.91 Å². The highest BCUT2D eigenvalue weighted by Crippen LogP contribution is 2.39. The summed E-state index contributed by atoms with van der Waals surface area (Å²) in [6.45, 7) is 2.32. The minimum Gasteiger partial charge on any atom is -0.390 e. The summed E-state index contributed by atoms with van der Waals surface area (Å²) < 4.78 is 2.84. The molecule has 1 saturated carbocycles. The Morgan fingerprint density at radius 2 is 2.07 bits per heavy atom. The molecule has 0 bridgehead atoms. The highest BCUT2D eigenvalue weighted by atomic mass is 32.1. The molecule has 148 valence electrons. The lowest BCUT2D eigenvalue weighted by atomic mass is 9.80. The molecule has 1 aliphatic rings. The van der Waals surface area contributed by atoms with Crippen LogP contribution in [-0.2, 0) is 7.05 Å². The SMILES string of the molecule is CC1CCCCCCC1c1c(NC(=O)c2c(N)sc3cccnc23)cnn1C. The molecule has 4 rings (SSSR count). The molecule has 3 aromatic heterocycles. The van der Waals surface area contributed by atoms with E-state index in [1.54, 1.807) is 12.4 Å². The molecule has 3 aromatic rings. The number of carbonyl (C=O) groups excluding carboxylic acids is 1. The van der Waals surface area contributed by atoms with Gasteiger partial charge in [0.2, 0.25) is 0 Å². The van der Waals surface area contributed by atoms with Crippen LogP contribution in [0.25, 0.3) is 10.2 Å². The van der Waals surface area contributed by atoms with Crippen LogP contribution in [0.15, 0.2) is 24.5 Å². The lowest BCUT2D eigenvalue weighted by Crippen LogP contribution is -2.19. The number of nitrogens with one attached hydrogen (secondary N) is 1. The van der Waals surface area contributed by atoms with Crippen molar-refractivity contribution in [3.05, 3.63) is 35.8 Å². The van der Waals surface area contributed by atoms with Crippen molar-refractivity contribution in [2.24, 2.45) is 13.0 Å². The fourth-order valence-electron chi connectivity index (χ4n) is 4.41. The molecule has 0 aromatic carbocycles. The van der Waals surface area contributed by atoms with Crippen LogP contribution in [0.1, 0.15) is 67.4 Å². The zero-order valence-corrected chi connectivity index (χ0v) is 17.3. The van der Waals surface area contributed by atoms with Crippen molar-refractivity contribution in [2.75, 3.05) is 11.1 Å². The van der Waals surface area contributed by atoms with Gasteiger partial charge in [-0.25, -0.2) is 0 Å². The molecule has 1 amide bonds. The Labute approximate surface area is 169 Å². The third-order valence-electron chi connectivity index (χ3n) is 5.90. The van der Waals surface area contributed by atoms with E-state index in [9.17, 15) is 4.79 Å². The van der Waals surface area contributed by atoms with Crippen molar-refractivity contribution in [3.8, 4) is 0 Å². The molecule has 28 heavy (non-hydrogen) atoms. The summed E-state index contributed by atoms with van der Waals surface area (Å²) in [6.07, 6.45) is 10.9. The number of thiophene rings is 1. The molecule has 0 saturated heterocycles. The number of amides is 1. The number of nitrogens with zero attached hydrogens (tertiary/aromatic N) is 3. The Morgan fingerprint density at radius 1 is 1.29 bits per heavy atom. The first-order chi connectivity index (χ1) is 13.6. The first kappa shape index (κ1) is 18.9. The van der Waals surface area contributed by atoms with E-state index in [1.807, 2.05) is 23.9 Å². The average Bonchev–Trinajstić information content (AvgIpc) is 3.18. The lowest BCUT2D eigenvalue weighted by molar-refractivity contribution is 0.102. The van der Waals surface area contributed by atoms with Crippen LogP contribution in [0.2, 0.25) is 0 Å². The number of nitrogens with two attached hydrogens (primary N) is 1. The van der Waals surface area contributed by atoms with E-state index in [0.717, 1.165) is 22.5 Å². The second-order valence-corrected chi connectivity index (χ2v) is 8.87. The highest BCUT2D eigenvalue weighted by Gasteiger charge is 2.28. The smallest absolute Gasteiger partial charge is 0.260 e. The number of aryl methyl sites for hydroxylation is 1. The Bertz CT molecular complexity index is 992. The summed E-state index contributed by atoms with van der Waals surface area (Å²) in [7, 11) is 1.96. The number of anilines is 2. The van der Waals surface area contributed by atoms with E-state index >= 15 is 0 Å². The summed E-state index contributed by atoms with van der Waals surface area (Å²) in [6, 6.07) is 3.79. The summed E-state index contributed by atoms with van der Waals surface area (Å²) in [5.41, 5.74) is 9.18. The summed E-state index contributed by atoms with van der Waals surface area (Å²) >= 11 is 1.39. The largest absolute Gasteiger partial charge is 0.390 e. The fourth-order valence-corrected chi connectivity index (χ4v) is 5.34. The zero-order chi connectivity index (χ0) is 19.7. The van der Waals surface area contributed by atoms with Crippen molar-refractivity contribution < 1.29 is 4.79 Å². The van der Waals surface area contributed by atoms with Gasteiger partial charge in [0.1, 0.15) is 10.6 Å². The van der Waals surface area contributed by atoms with E-state index in [2.05, 4.69) is 22.3 Å². The van der Waals surface area contributed by atoms with Gasteiger partial charge < -0.3 is 11.1 Å². The van der Waals surface area contributed by atoms with Crippen LogP contribution in [-0.4, -0.2) is 20.7 Å². The van der Waals surface area contributed by atoms with Gasteiger partial charge in [-0.15, -0.1) is 11.3 Å². The molecular weight excluding hydrogens is 370 g/mol. The predicted octanol–water partition coefficient (Wildman–Crippen LogP) is 4.94. The first-order valence-corrected chi connectivity index (χ1v) is 10.8. The van der Waals surface area contributed by atoms with Crippen molar-refractivity contribution >= 4 is 38.1 Å². The number of rotatable bonds is 3. The van der Waals surface area contributed by atoms with Crippen LogP contribution in [0.5, 0.6) is 0 Å². The van der Waals surface area contributed by atoms with E-state index < -0.39 is 0 Å². The number of hydrogen-bond donors (Lipinski definition) is 2. The number of pyridine rings is 1. The lowest BCUT2D eigenvalue weighted by Gasteiger charge is -2.27. The topological polar surface area (TPSA) is 85.8 Å². The highest BCUT2D eigenvalue weighted by molar-refractivity contribution is 7.23. The molecule has 0 spiro atoms. The Balaban J connectivity index is 1.65. The first-order valence-electron chi connectivity index (χ1n) is 10.0. The molecule has 3 N–H and O–H groups in total. The average molecular weight is 398 g/mol. The van der Waals surface area contributed by atoms with Crippen LogP contribution >= 0.6 is 11.3 Å².